The highest BCUT2D eigenvalue weighted by molar-refractivity contribution is 5.69. The Labute approximate surface area is 99.0 Å². The molecule has 1 atom stereocenters. The van der Waals surface area contributed by atoms with Crippen LogP contribution in [0.15, 0.2) is 18.2 Å². The number of halogens is 1. The fraction of sp³-hybridized carbons (Fsp3) is 0.417. The van der Waals surface area contributed by atoms with Gasteiger partial charge in [-0.2, -0.15) is 0 Å². The van der Waals surface area contributed by atoms with E-state index in [0.717, 1.165) is 0 Å². The van der Waals surface area contributed by atoms with Crippen LogP contribution >= 0.6 is 0 Å². The van der Waals surface area contributed by atoms with Gasteiger partial charge < -0.3 is 14.6 Å². The lowest BCUT2D eigenvalue weighted by atomic mass is 10.1. The monoisotopic (exact) mass is 242 g/mol. The van der Waals surface area contributed by atoms with Gasteiger partial charge >= 0.3 is 5.97 Å². The zero-order chi connectivity index (χ0) is 12.8. The van der Waals surface area contributed by atoms with Crippen molar-refractivity contribution in [1.82, 2.24) is 0 Å². The Hall–Kier alpha value is -1.62. The van der Waals surface area contributed by atoms with E-state index in [2.05, 4.69) is 4.74 Å². The molecule has 0 saturated heterocycles. The number of benzene rings is 1. The molecule has 0 aromatic heterocycles. The van der Waals surface area contributed by atoms with Crippen LogP contribution in [0.5, 0.6) is 5.75 Å². The van der Waals surface area contributed by atoms with E-state index in [9.17, 15) is 14.3 Å². The predicted octanol–water partition coefficient (Wildman–Crippen LogP) is 1.82. The molecule has 1 aromatic carbocycles. The quantitative estimate of drug-likeness (QED) is 0.800. The first kappa shape index (κ1) is 13.4. The van der Waals surface area contributed by atoms with Gasteiger partial charge in [0, 0.05) is 5.56 Å². The van der Waals surface area contributed by atoms with Crippen molar-refractivity contribution in [3.63, 3.8) is 0 Å². The molecule has 0 aliphatic rings. The summed E-state index contributed by atoms with van der Waals surface area (Å²) in [6, 6.07) is 3.87. The number of hydrogen-bond acceptors (Lipinski definition) is 4. The zero-order valence-electron chi connectivity index (χ0n) is 9.77. The second kappa shape index (κ2) is 6.20. The molecule has 0 aliphatic heterocycles. The average molecular weight is 242 g/mol. The van der Waals surface area contributed by atoms with Gasteiger partial charge in [-0.05, 0) is 25.1 Å². The Bertz CT molecular complexity index is 390. The highest BCUT2D eigenvalue weighted by Crippen LogP contribution is 2.25. The first-order valence-corrected chi connectivity index (χ1v) is 5.21. The van der Waals surface area contributed by atoms with Crippen molar-refractivity contribution in [1.29, 1.82) is 0 Å². The first-order chi connectivity index (χ1) is 8.04. The van der Waals surface area contributed by atoms with Crippen LogP contribution in [-0.2, 0) is 9.53 Å². The molecule has 1 aromatic rings. The highest BCUT2D eigenvalue weighted by Gasteiger charge is 2.11. The van der Waals surface area contributed by atoms with Crippen LogP contribution in [0.4, 0.5) is 4.39 Å². The number of methoxy groups -OCH3 is 1. The van der Waals surface area contributed by atoms with Gasteiger partial charge in [0.2, 0.25) is 0 Å². The molecule has 0 amide bonds. The fourth-order valence-corrected chi connectivity index (χ4v) is 1.32. The van der Waals surface area contributed by atoms with Crippen molar-refractivity contribution in [3.05, 3.63) is 29.6 Å². The van der Waals surface area contributed by atoms with Gasteiger partial charge in [-0.15, -0.1) is 0 Å². The van der Waals surface area contributed by atoms with Crippen molar-refractivity contribution >= 4 is 5.97 Å². The summed E-state index contributed by atoms with van der Waals surface area (Å²) < 4.78 is 22.7. The van der Waals surface area contributed by atoms with E-state index in [1.807, 2.05) is 0 Å². The molecule has 4 nitrogen and oxygen atoms in total. The van der Waals surface area contributed by atoms with Gasteiger partial charge in [-0.25, -0.2) is 4.39 Å². The normalized spacial score (nSPS) is 12.0. The number of carbonyl (C=O) groups excluding carboxylic acids is 1. The van der Waals surface area contributed by atoms with Crippen molar-refractivity contribution in [2.24, 2.45) is 0 Å². The van der Waals surface area contributed by atoms with Crippen LogP contribution in [0.3, 0.4) is 0 Å². The van der Waals surface area contributed by atoms with E-state index in [4.69, 9.17) is 4.74 Å². The summed E-state index contributed by atoms with van der Waals surface area (Å²) in [6.45, 7) is 1.64. The van der Waals surface area contributed by atoms with Gasteiger partial charge in [-0.1, -0.05) is 0 Å². The molecule has 0 radical (unpaired) electrons. The molecule has 0 fully saturated rings. The largest absolute Gasteiger partial charge is 0.493 e. The summed E-state index contributed by atoms with van der Waals surface area (Å²) in [7, 11) is 1.29. The smallest absolute Gasteiger partial charge is 0.308 e. The fourth-order valence-electron chi connectivity index (χ4n) is 1.32. The number of ether oxygens (including phenoxy) is 2. The van der Waals surface area contributed by atoms with Crippen LogP contribution in [0.2, 0.25) is 0 Å². The first-order valence-electron chi connectivity index (χ1n) is 5.21. The van der Waals surface area contributed by atoms with Gasteiger partial charge in [0.05, 0.1) is 26.2 Å². The van der Waals surface area contributed by atoms with Crippen molar-refractivity contribution in [2.75, 3.05) is 13.7 Å². The molecule has 0 saturated carbocycles. The lowest BCUT2D eigenvalue weighted by Crippen LogP contribution is -2.09. The Morgan fingerprint density at radius 1 is 1.53 bits per heavy atom. The molecule has 17 heavy (non-hydrogen) atoms. The molecule has 0 spiro atoms. The number of carbonyl (C=O) groups is 1. The lowest BCUT2D eigenvalue weighted by Gasteiger charge is -2.13. The molecule has 94 valence electrons. The van der Waals surface area contributed by atoms with Crippen LogP contribution in [0.25, 0.3) is 0 Å². The Morgan fingerprint density at radius 3 is 2.82 bits per heavy atom. The molecule has 0 unspecified atom stereocenters. The lowest BCUT2D eigenvalue weighted by molar-refractivity contribution is -0.141. The molecule has 0 aliphatic carbocycles. The van der Waals surface area contributed by atoms with E-state index < -0.39 is 11.9 Å². The van der Waals surface area contributed by atoms with Gasteiger partial charge in [-0.3, -0.25) is 4.79 Å². The van der Waals surface area contributed by atoms with E-state index >= 15 is 0 Å². The molecule has 0 bridgehead atoms. The average Bonchev–Trinajstić information content (AvgIpc) is 2.30. The highest BCUT2D eigenvalue weighted by atomic mass is 19.1. The standard InChI is InChI=1S/C12H15FO4/c1-8(14)10-7-9(13)3-4-11(10)17-6-5-12(15)16-2/h3-4,7-8,14H,5-6H2,1-2H3/t8-/m0/s1. The van der Waals surface area contributed by atoms with Crippen LogP contribution in [-0.4, -0.2) is 24.8 Å². The summed E-state index contributed by atoms with van der Waals surface area (Å²) in [6.07, 6.45) is -0.730. The van der Waals surface area contributed by atoms with E-state index in [1.54, 1.807) is 0 Å². The third-order valence-electron chi connectivity index (χ3n) is 2.21. The van der Waals surface area contributed by atoms with Crippen LogP contribution < -0.4 is 4.74 Å². The maximum atomic E-state index is 13.0. The Kier molecular flexibility index (Phi) is 4.90. The van der Waals surface area contributed by atoms with Gasteiger partial charge in [0.25, 0.3) is 0 Å². The minimum atomic E-state index is -0.834. The topological polar surface area (TPSA) is 55.8 Å². The molecule has 0 heterocycles. The summed E-state index contributed by atoms with van der Waals surface area (Å²) in [4.78, 5) is 10.9. The number of aliphatic hydroxyl groups is 1. The molecular formula is C12H15FO4. The molecular weight excluding hydrogens is 227 g/mol. The maximum Gasteiger partial charge on any atom is 0.308 e. The second-order valence-corrected chi connectivity index (χ2v) is 3.53. The maximum absolute atomic E-state index is 13.0. The van der Waals surface area contributed by atoms with Gasteiger partial charge in [0.15, 0.2) is 0 Å². The van der Waals surface area contributed by atoms with Gasteiger partial charge in [0.1, 0.15) is 11.6 Å². The number of hydrogen-bond donors (Lipinski definition) is 1. The summed E-state index contributed by atoms with van der Waals surface area (Å²) >= 11 is 0. The van der Waals surface area contributed by atoms with Crippen molar-refractivity contribution in [3.8, 4) is 5.75 Å². The SMILES string of the molecule is COC(=O)CCOc1ccc(F)cc1[C@H](C)O. The Balaban J connectivity index is 2.67. The third-order valence-corrected chi connectivity index (χ3v) is 2.21. The van der Waals surface area contributed by atoms with Crippen molar-refractivity contribution in [2.45, 2.75) is 19.4 Å². The number of esters is 1. The van der Waals surface area contributed by atoms with Crippen molar-refractivity contribution < 1.29 is 23.8 Å². The summed E-state index contributed by atoms with van der Waals surface area (Å²) in [5.74, 6) is -0.461. The molecule has 1 N–H and O–H groups in total. The summed E-state index contributed by atoms with van der Waals surface area (Å²) in [5.41, 5.74) is 0.356. The zero-order valence-corrected chi connectivity index (χ0v) is 9.77. The predicted molar refractivity (Wildman–Crippen MR) is 59.2 cm³/mol. The van der Waals surface area contributed by atoms with Crippen LogP contribution in [0.1, 0.15) is 25.0 Å². The minimum absolute atomic E-state index is 0.104. The third kappa shape index (κ3) is 4.03. The van der Waals surface area contributed by atoms with E-state index in [0.29, 0.717) is 11.3 Å². The second-order valence-electron chi connectivity index (χ2n) is 3.53. The summed E-state index contributed by atoms with van der Waals surface area (Å²) in [5, 5.41) is 9.45. The number of aliphatic hydroxyl groups excluding tert-OH is 1. The number of rotatable bonds is 5. The van der Waals surface area contributed by atoms with E-state index in [1.165, 1.54) is 32.2 Å². The molecule has 1 rings (SSSR count). The van der Waals surface area contributed by atoms with Crippen LogP contribution in [0, 0.1) is 5.82 Å². The molecule has 5 heteroatoms. The van der Waals surface area contributed by atoms with E-state index in [-0.39, 0.29) is 19.0 Å². The Morgan fingerprint density at radius 2 is 2.24 bits per heavy atom. The minimum Gasteiger partial charge on any atom is -0.493 e.